The third-order valence-corrected chi connectivity index (χ3v) is 6.47. The third kappa shape index (κ3) is 3.81. The molecule has 0 radical (unpaired) electrons. The molecule has 28 heavy (non-hydrogen) atoms. The molecule has 1 aliphatic heterocycles. The number of amides is 1. The van der Waals surface area contributed by atoms with Crippen LogP contribution in [0.3, 0.4) is 0 Å². The molecule has 0 atom stereocenters. The zero-order chi connectivity index (χ0) is 19.7. The van der Waals surface area contributed by atoms with Gasteiger partial charge in [-0.25, -0.2) is 13.1 Å². The van der Waals surface area contributed by atoms with Crippen molar-refractivity contribution < 1.29 is 17.6 Å². The van der Waals surface area contributed by atoms with E-state index in [9.17, 15) is 13.2 Å². The minimum Gasteiger partial charge on any atom is -0.451 e. The average molecular weight is 402 g/mol. The maximum Gasteiger partial charge on any atom is 0.289 e. The second kappa shape index (κ2) is 7.40. The minimum atomic E-state index is -3.56. The van der Waals surface area contributed by atoms with Gasteiger partial charge in [0.1, 0.15) is 10.5 Å². The molecule has 9 heteroatoms. The van der Waals surface area contributed by atoms with E-state index in [0.29, 0.717) is 31.0 Å². The van der Waals surface area contributed by atoms with Crippen LogP contribution in [0.15, 0.2) is 52.0 Å². The molecule has 1 saturated heterocycles. The number of aromatic nitrogens is 2. The van der Waals surface area contributed by atoms with Gasteiger partial charge in [-0.2, -0.15) is 5.10 Å². The number of nitrogens with zero attached hydrogens (tertiary/aromatic N) is 3. The zero-order valence-electron chi connectivity index (χ0n) is 15.5. The van der Waals surface area contributed by atoms with Crippen molar-refractivity contribution in [1.82, 2.24) is 19.4 Å². The zero-order valence-corrected chi connectivity index (χ0v) is 16.4. The molecule has 1 aliphatic rings. The Balaban J connectivity index is 1.32. The van der Waals surface area contributed by atoms with Crippen LogP contribution >= 0.6 is 0 Å². The van der Waals surface area contributed by atoms with Gasteiger partial charge in [-0.1, -0.05) is 18.2 Å². The lowest BCUT2D eigenvalue weighted by molar-refractivity contribution is 0.0662. The van der Waals surface area contributed by atoms with Gasteiger partial charge in [0, 0.05) is 38.3 Å². The quantitative estimate of drug-likeness (QED) is 0.704. The number of sulfonamides is 1. The molecule has 1 N–H and O–H groups in total. The van der Waals surface area contributed by atoms with Crippen LogP contribution in [0.4, 0.5) is 0 Å². The Morgan fingerprint density at radius 1 is 1.29 bits per heavy atom. The fourth-order valence-electron chi connectivity index (χ4n) is 3.43. The SMILES string of the molecule is Cn1cc(S(=O)(=O)NCC2CCN(C(=O)c3cc4ccccc4o3)CC2)cn1. The molecule has 3 heterocycles. The van der Waals surface area contributed by atoms with Gasteiger partial charge in [0.25, 0.3) is 5.91 Å². The first-order valence-electron chi connectivity index (χ1n) is 9.18. The molecule has 4 rings (SSSR count). The molecule has 0 saturated carbocycles. The van der Waals surface area contributed by atoms with Gasteiger partial charge in [0.2, 0.25) is 10.0 Å². The molecule has 1 amide bonds. The van der Waals surface area contributed by atoms with E-state index in [-0.39, 0.29) is 16.7 Å². The fourth-order valence-corrected chi connectivity index (χ4v) is 4.53. The van der Waals surface area contributed by atoms with Crippen LogP contribution in [0.25, 0.3) is 11.0 Å². The summed E-state index contributed by atoms with van der Waals surface area (Å²) < 4.78 is 34.3. The molecule has 0 bridgehead atoms. The van der Waals surface area contributed by atoms with Crippen molar-refractivity contribution in [3.8, 4) is 0 Å². The van der Waals surface area contributed by atoms with Crippen LogP contribution in [0.5, 0.6) is 0 Å². The van der Waals surface area contributed by atoms with Crippen LogP contribution in [0.1, 0.15) is 23.4 Å². The molecule has 2 aromatic heterocycles. The van der Waals surface area contributed by atoms with Gasteiger partial charge in [-0.15, -0.1) is 0 Å². The summed E-state index contributed by atoms with van der Waals surface area (Å²) in [6.45, 7) is 1.51. The summed E-state index contributed by atoms with van der Waals surface area (Å²) in [5.74, 6) is 0.411. The number of piperidine rings is 1. The maximum absolute atomic E-state index is 12.7. The first kappa shape index (κ1) is 18.7. The molecule has 1 aromatic carbocycles. The Labute approximate surface area is 163 Å². The van der Waals surface area contributed by atoms with E-state index in [4.69, 9.17) is 4.42 Å². The monoisotopic (exact) mass is 402 g/mol. The number of furan rings is 1. The first-order chi connectivity index (χ1) is 13.4. The van der Waals surface area contributed by atoms with Gasteiger partial charge in [-0.05, 0) is 30.9 Å². The molecule has 148 valence electrons. The van der Waals surface area contributed by atoms with E-state index < -0.39 is 10.0 Å². The Bertz CT molecular complexity index is 1060. The van der Waals surface area contributed by atoms with Crippen molar-refractivity contribution in [2.24, 2.45) is 13.0 Å². The van der Waals surface area contributed by atoms with Gasteiger partial charge >= 0.3 is 0 Å². The largest absolute Gasteiger partial charge is 0.451 e. The van der Waals surface area contributed by atoms with E-state index >= 15 is 0 Å². The first-order valence-corrected chi connectivity index (χ1v) is 10.7. The van der Waals surface area contributed by atoms with Gasteiger partial charge in [0.05, 0.1) is 6.20 Å². The summed E-state index contributed by atoms with van der Waals surface area (Å²) in [4.78, 5) is 14.6. The highest BCUT2D eigenvalue weighted by Crippen LogP contribution is 2.23. The van der Waals surface area contributed by atoms with Crippen LogP contribution in [-0.2, 0) is 17.1 Å². The lowest BCUT2D eigenvalue weighted by Crippen LogP contribution is -2.41. The Hall–Kier alpha value is -2.65. The van der Waals surface area contributed by atoms with Crippen molar-refractivity contribution in [2.45, 2.75) is 17.7 Å². The fraction of sp³-hybridized carbons (Fsp3) is 0.368. The number of nitrogens with one attached hydrogen (secondary N) is 1. The molecule has 1 fully saturated rings. The summed E-state index contributed by atoms with van der Waals surface area (Å²) in [7, 11) is -1.88. The molecule has 0 spiro atoms. The number of benzene rings is 1. The number of para-hydroxylation sites is 1. The number of fused-ring (bicyclic) bond motifs is 1. The molecule has 0 unspecified atom stereocenters. The van der Waals surface area contributed by atoms with E-state index in [1.165, 1.54) is 17.1 Å². The Morgan fingerprint density at radius 2 is 2.04 bits per heavy atom. The van der Waals surface area contributed by atoms with Gasteiger partial charge in [-0.3, -0.25) is 9.48 Å². The van der Waals surface area contributed by atoms with E-state index in [1.54, 1.807) is 18.0 Å². The van der Waals surface area contributed by atoms with E-state index in [2.05, 4.69) is 9.82 Å². The van der Waals surface area contributed by atoms with Crippen LogP contribution in [-0.4, -0.2) is 48.6 Å². The Kier molecular flexibility index (Phi) is 4.94. The predicted molar refractivity (Wildman–Crippen MR) is 103 cm³/mol. The number of aryl methyl sites for hydroxylation is 1. The van der Waals surface area contributed by atoms with Crippen LogP contribution in [0.2, 0.25) is 0 Å². The summed E-state index contributed by atoms with van der Waals surface area (Å²) in [5, 5.41) is 4.80. The third-order valence-electron chi connectivity index (χ3n) is 5.09. The molecular weight excluding hydrogens is 380 g/mol. The highest BCUT2D eigenvalue weighted by atomic mass is 32.2. The smallest absolute Gasteiger partial charge is 0.289 e. The predicted octanol–water partition coefficient (Wildman–Crippen LogP) is 2.00. The standard InChI is InChI=1S/C19H22N4O4S/c1-22-13-16(12-20-22)28(25,26)21-11-14-6-8-23(9-7-14)19(24)18-10-15-4-2-3-5-17(15)27-18/h2-5,10,12-14,21H,6-9,11H2,1H3. The highest BCUT2D eigenvalue weighted by Gasteiger charge is 2.27. The average Bonchev–Trinajstić information content (AvgIpc) is 3.33. The molecule has 0 aliphatic carbocycles. The van der Waals surface area contributed by atoms with Gasteiger partial charge < -0.3 is 9.32 Å². The number of carbonyl (C=O) groups is 1. The van der Waals surface area contributed by atoms with Crippen molar-refractivity contribution >= 4 is 26.9 Å². The summed E-state index contributed by atoms with van der Waals surface area (Å²) >= 11 is 0. The van der Waals surface area contributed by atoms with Crippen molar-refractivity contribution in [2.75, 3.05) is 19.6 Å². The summed E-state index contributed by atoms with van der Waals surface area (Å²) in [5.41, 5.74) is 0.700. The normalized spacial score (nSPS) is 16.0. The molecular formula is C19H22N4O4S. The molecule has 8 nitrogen and oxygen atoms in total. The van der Waals surface area contributed by atoms with Crippen LogP contribution in [0, 0.1) is 5.92 Å². The summed E-state index contributed by atoms with van der Waals surface area (Å²) in [6.07, 6.45) is 4.27. The minimum absolute atomic E-state index is 0.120. The number of carbonyl (C=O) groups excluding carboxylic acids is 1. The highest BCUT2D eigenvalue weighted by molar-refractivity contribution is 7.89. The number of hydrogen-bond acceptors (Lipinski definition) is 5. The number of rotatable bonds is 5. The Morgan fingerprint density at radius 3 is 2.71 bits per heavy atom. The lowest BCUT2D eigenvalue weighted by Gasteiger charge is -2.31. The van der Waals surface area contributed by atoms with Crippen molar-refractivity contribution in [3.05, 3.63) is 48.5 Å². The maximum atomic E-state index is 12.7. The molecule has 3 aromatic rings. The van der Waals surface area contributed by atoms with Crippen molar-refractivity contribution in [1.29, 1.82) is 0 Å². The number of likely N-dealkylation sites (tertiary alicyclic amines) is 1. The number of hydrogen-bond donors (Lipinski definition) is 1. The van der Waals surface area contributed by atoms with Crippen molar-refractivity contribution in [3.63, 3.8) is 0 Å². The second-order valence-corrected chi connectivity index (χ2v) is 8.85. The van der Waals surface area contributed by atoms with Gasteiger partial charge in [0.15, 0.2) is 5.76 Å². The lowest BCUT2D eigenvalue weighted by atomic mass is 9.97. The summed E-state index contributed by atoms with van der Waals surface area (Å²) in [6, 6.07) is 9.30. The van der Waals surface area contributed by atoms with E-state index in [1.807, 2.05) is 24.3 Å². The van der Waals surface area contributed by atoms with E-state index in [0.717, 1.165) is 18.2 Å². The topological polar surface area (TPSA) is 97.4 Å². The van der Waals surface area contributed by atoms with Crippen LogP contribution < -0.4 is 4.72 Å². The second-order valence-electron chi connectivity index (χ2n) is 7.09.